The van der Waals surface area contributed by atoms with E-state index in [4.69, 9.17) is 16.3 Å². The van der Waals surface area contributed by atoms with Crippen molar-refractivity contribution in [2.45, 2.75) is 6.92 Å². The van der Waals surface area contributed by atoms with Gasteiger partial charge in [-0.3, -0.25) is 9.89 Å². The van der Waals surface area contributed by atoms with Crippen molar-refractivity contribution in [1.82, 2.24) is 15.6 Å². The fraction of sp³-hybridized carbons (Fsp3) is 0.118. The molecule has 3 rings (SSSR count). The molecule has 0 bridgehead atoms. The third kappa shape index (κ3) is 4.22. The number of nitrogens with zero attached hydrogens (tertiary/aromatic N) is 2. The van der Waals surface area contributed by atoms with Crippen LogP contribution >= 0.6 is 22.9 Å². The van der Waals surface area contributed by atoms with E-state index in [0.717, 1.165) is 4.88 Å². The van der Waals surface area contributed by atoms with Crippen molar-refractivity contribution in [3.05, 3.63) is 52.0 Å². The Bertz CT molecular complexity index is 951. The van der Waals surface area contributed by atoms with E-state index in [2.05, 4.69) is 20.7 Å². The Kier molecular flexibility index (Phi) is 5.55. The number of thiophene rings is 1. The van der Waals surface area contributed by atoms with Crippen molar-refractivity contribution in [2.24, 2.45) is 5.10 Å². The molecule has 134 valence electrons. The first-order chi connectivity index (χ1) is 12.6. The lowest BCUT2D eigenvalue weighted by Gasteiger charge is -2.05. The summed E-state index contributed by atoms with van der Waals surface area (Å²) in [4.78, 5) is 13.0. The van der Waals surface area contributed by atoms with Gasteiger partial charge in [0.25, 0.3) is 5.91 Å². The number of H-pyrrole nitrogens is 1. The van der Waals surface area contributed by atoms with Crippen LogP contribution < -0.4 is 10.2 Å². The quantitative estimate of drug-likeness (QED) is 0.441. The minimum Gasteiger partial charge on any atom is -0.504 e. The van der Waals surface area contributed by atoms with Gasteiger partial charge in [-0.15, -0.1) is 11.3 Å². The van der Waals surface area contributed by atoms with Gasteiger partial charge in [0.2, 0.25) is 0 Å². The molecule has 0 atom stereocenters. The minimum atomic E-state index is -0.449. The zero-order valence-corrected chi connectivity index (χ0v) is 15.3. The number of benzene rings is 1. The number of hydrogen-bond donors (Lipinski definition) is 3. The number of halogens is 1. The normalized spacial score (nSPS) is 11.0. The highest BCUT2D eigenvalue weighted by atomic mass is 35.5. The molecule has 9 heteroatoms. The van der Waals surface area contributed by atoms with Gasteiger partial charge in [-0.1, -0.05) is 11.6 Å². The van der Waals surface area contributed by atoms with E-state index < -0.39 is 5.91 Å². The van der Waals surface area contributed by atoms with E-state index in [1.165, 1.54) is 23.6 Å². The van der Waals surface area contributed by atoms with Crippen LogP contribution in [0.15, 0.2) is 41.5 Å². The topological polar surface area (TPSA) is 99.6 Å². The number of aromatic amines is 1. The molecule has 0 spiro atoms. The molecule has 1 aromatic carbocycles. The van der Waals surface area contributed by atoms with Crippen molar-refractivity contribution in [2.75, 3.05) is 6.61 Å². The van der Waals surface area contributed by atoms with E-state index in [-0.39, 0.29) is 11.4 Å². The number of nitrogens with one attached hydrogen (secondary N) is 2. The van der Waals surface area contributed by atoms with Gasteiger partial charge >= 0.3 is 0 Å². The number of ether oxygens (including phenoxy) is 1. The highest BCUT2D eigenvalue weighted by Gasteiger charge is 2.12. The molecule has 26 heavy (non-hydrogen) atoms. The van der Waals surface area contributed by atoms with Gasteiger partial charge in [0.1, 0.15) is 0 Å². The van der Waals surface area contributed by atoms with Crippen LogP contribution in [0.25, 0.3) is 10.6 Å². The largest absolute Gasteiger partial charge is 0.504 e. The Morgan fingerprint density at radius 1 is 1.42 bits per heavy atom. The smallest absolute Gasteiger partial charge is 0.291 e. The number of phenols is 1. The van der Waals surface area contributed by atoms with Crippen LogP contribution in [0, 0.1) is 0 Å². The molecule has 0 saturated heterocycles. The number of aromatic nitrogens is 2. The molecule has 0 aliphatic rings. The first-order valence-corrected chi connectivity index (χ1v) is 8.86. The zero-order valence-electron chi connectivity index (χ0n) is 13.7. The fourth-order valence-corrected chi connectivity index (χ4v) is 3.14. The SMILES string of the molecule is CCOc1cc(C=NNC(=O)c2cc(-c3ccc(Cl)s3)[nH]n2)ccc1O. The molecule has 2 aromatic heterocycles. The van der Waals surface area contributed by atoms with Crippen molar-refractivity contribution < 1.29 is 14.6 Å². The number of rotatable bonds is 6. The van der Waals surface area contributed by atoms with Gasteiger partial charge in [0, 0.05) is 0 Å². The molecule has 0 fully saturated rings. The Morgan fingerprint density at radius 3 is 3.00 bits per heavy atom. The first kappa shape index (κ1) is 18.0. The maximum Gasteiger partial charge on any atom is 0.291 e. The molecule has 2 heterocycles. The zero-order chi connectivity index (χ0) is 18.5. The summed E-state index contributed by atoms with van der Waals surface area (Å²) in [6.07, 6.45) is 1.45. The predicted octanol–water partition coefficient (Wildman–Crippen LogP) is 3.66. The monoisotopic (exact) mass is 390 g/mol. The highest BCUT2D eigenvalue weighted by Crippen LogP contribution is 2.30. The Hall–Kier alpha value is -2.84. The Balaban J connectivity index is 1.64. The number of hydrazone groups is 1. The third-order valence-electron chi connectivity index (χ3n) is 3.31. The van der Waals surface area contributed by atoms with Gasteiger partial charge in [-0.2, -0.15) is 10.2 Å². The third-order valence-corrected chi connectivity index (χ3v) is 4.58. The van der Waals surface area contributed by atoms with Crippen LogP contribution in [0.3, 0.4) is 0 Å². The van der Waals surface area contributed by atoms with Crippen LogP contribution in [-0.2, 0) is 0 Å². The molecule has 7 nitrogen and oxygen atoms in total. The molecule has 0 aliphatic heterocycles. The maximum atomic E-state index is 12.1. The van der Waals surface area contributed by atoms with Crippen molar-refractivity contribution >= 4 is 35.1 Å². The van der Waals surface area contributed by atoms with Crippen molar-refractivity contribution in [3.8, 4) is 22.1 Å². The van der Waals surface area contributed by atoms with Crippen LogP contribution in [0.5, 0.6) is 11.5 Å². The molecule has 1 amide bonds. The molecular weight excluding hydrogens is 376 g/mol. The van der Waals surface area contributed by atoms with E-state index in [1.807, 2.05) is 13.0 Å². The number of carbonyl (C=O) groups is 1. The van der Waals surface area contributed by atoms with E-state index in [1.54, 1.807) is 24.3 Å². The average molecular weight is 391 g/mol. The van der Waals surface area contributed by atoms with E-state index in [9.17, 15) is 9.90 Å². The van der Waals surface area contributed by atoms with Crippen LogP contribution in [-0.4, -0.2) is 34.0 Å². The second-order valence-corrected chi connectivity index (χ2v) is 6.85. The summed E-state index contributed by atoms with van der Waals surface area (Å²) in [5.74, 6) is -0.0460. The highest BCUT2D eigenvalue weighted by molar-refractivity contribution is 7.19. The molecule has 0 radical (unpaired) electrons. The summed E-state index contributed by atoms with van der Waals surface area (Å²) in [6.45, 7) is 2.25. The lowest BCUT2D eigenvalue weighted by molar-refractivity contribution is 0.0950. The molecule has 0 aliphatic carbocycles. The number of amides is 1. The summed E-state index contributed by atoms with van der Waals surface area (Å²) >= 11 is 7.30. The van der Waals surface area contributed by atoms with Gasteiger partial charge in [0.15, 0.2) is 17.2 Å². The predicted molar refractivity (Wildman–Crippen MR) is 101 cm³/mol. The maximum absolute atomic E-state index is 12.1. The lowest BCUT2D eigenvalue weighted by Crippen LogP contribution is -2.18. The first-order valence-electron chi connectivity index (χ1n) is 7.67. The molecule has 0 unspecified atom stereocenters. The summed E-state index contributed by atoms with van der Waals surface area (Å²) in [7, 11) is 0. The average Bonchev–Trinajstić information content (AvgIpc) is 3.27. The number of carbonyl (C=O) groups excluding carboxylic acids is 1. The fourth-order valence-electron chi connectivity index (χ4n) is 2.13. The second-order valence-electron chi connectivity index (χ2n) is 5.13. The van der Waals surface area contributed by atoms with E-state index >= 15 is 0 Å². The van der Waals surface area contributed by atoms with Crippen LogP contribution in [0.1, 0.15) is 23.0 Å². The molecule has 0 saturated carbocycles. The Morgan fingerprint density at radius 2 is 2.27 bits per heavy atom. The van der Waals surface area contributed by atoms with Gasteiger partial charge in [-0.25, -0.2) is 5.43 Å². The molecule has 3 N–H and O–H groups in total. The lowest BCUT2D eigenvalue weighted by atomic mass is 10.2. The van der Waals surface area contributed by atoms with Crippen LogP contribution in [0.4, 0.5) is 0 Å². The van der Waals surface area contributed by atoms with E-state index in [0.29, 0.717) is 28.0 Å². The number of aromatic hydroxyl groups is 1. The van der Waals surface area contributed by atoms with Gasteiger partial charge in [-0.05, 0) is 48.9 Å². The second kappa shape index (κ2) is 8.03. The Labute approximate surface area is 158 Å². The van der Waals surface area contributed by atoms with Crippen molar-refractivity contribution in [3.63, 3.8) is 0 Å². The molecular formula is C17H15ClN4O3S. The summed E-state index contributed by atoms with van der Waals surface area (Å²) in [5, 5.41) is 20.3. The standard InChI is InChI=1S/C17H15ClN4O3S/c1-2-25-14-7-10(3-4-13(14)23)9-19-22-17(24)12-8-11(20-21-12)15-5-6-16(18)26-15/h3-9,23H,2H2,1H3,(H,20,21)(H,22,24). The summed E-state index contributed by atoms with van der Waals surface area (Å²) in [6, 6.07) is 10.0. The summed E-state index contributed by atoms with van der Waals surface area (Å²) in [5.41, 5.74) is 3.99. The van der Waals surface area contributed by atoms with Gasteiger partial charge < -0.3 is 9.84 Å². The number of phenolic OH excluding ortho intramolecular Hbond substituents is 1. The minimum absolute atomic E-state index is 0.0470. The van der Waals surface area contributed by atoms with Crippen molar-refractivity contribution in [1.29, 1.82) is 0 Å². The van der Waals surface area contributed by atoms with Gasteiger partial charge in [0.05, 0.1) is 27.7 Å². The molecule has 3 aromatic rings. The summed E-state index contributed by atoms with van der Waals surface area (Å²) < 4.78 is 5.96. The number of hydrogen-bond acceptors (Lipinski definition) is 6. The van der Waals surface area contributed by atoms with Crippen LogP contribution in [0.2, 0.25) is 4.34 Å².